The van der Waals surface area contributed by atoms with E-state index in [1.54, 1.807) is 13.0 Å². The Bertz CT molecular complexity index is 1280. The summed E-state index contributed by atoms with van der Waals surface area (Å²) in [6.45, 7) is 6.74. The van der Waals surface area contributed by atoms with Crippen LogP contribution in [0.2, 0.25) is 0 Å². The summed E-state index contributed by atoms with van der Waals surface area (Å²) >= 11 is 0. The number of carbonyl (C=O) groups excluding carboxylic acids is 3. The van der Waals surface area contributed by atoms with E-state index in [-0.39, 0.29) is 43.2 Å². The van der Waals surface area contributed by atoms with Gasteiger partial charge in [-0.1, -0.05) is 6.92 Å². The second kappa shape index (κ2) is 11.1. The summed E-state index contributed by atoms with van der Waals surface area (Å²) in [7, 11) is 0. The molecule has 242 valence electrons. The van der Waals surface area contributed by atoms with E-state index >= 15 is 0 Å². The Balaban J connectivity index is 1.18. The molecule has 2 N–H and O–H groups in total. The average Bonchev–Trinajstić information content (AvgIpc) is 3.49. The minimum atomic E-state index is -1.29. The van der Waals surface area contributed by atoms with Crippen molar-refractivity contribution >= 4 is 17.9 Å². The van der Waals surface area contributed by atoms with Gasteiger partial charge < -0.3 is 33.9 Å². The Morgan fingerprint density at radius 3 is 2.41 bits per heavy atom. The van der Waals surface area contributed by atoms with Crippen molar-refractivity contribution in [3.63, 3.8) is 0 Å². The summed E-state index contributed by atoms with van der Waals surface area (Å²) in [5, 5.41) is 35.5. The second-order valence-corrected chi connectivity index (χ2v) is 14.4. The summed E-state index contributed by atoms with van der Waals surface area (Å²) in [5.41, 5.74) is -2.78. The van der Waals surface area contributed by atoms with Gasteiger partial charge in [-0.3, -0.25) is 9.59 Å². The molecule has 0 radical (unpaired) electrons. The molecule has 4 aliphatic carbocycles. The third-order valence-corrected chi connectivity index (χ3v) is 12.3. The van der Waals surface area contributed by atoms with Crippen molar-refractivity contribution in [3.8, 4) is 6.07 Å². The van der Waals surface area contributed by atoms with E-state index in [0.29, 0.717) is 44.9 Å². The summed E-state index contributed by atoms with van der Waals surface area (Å²) in [4.78, 5) is 35.3. The summed E-state index contributed by atoms with van der Waals surface area (Å²) < 4.78 is 28.5. The van der Waals surface area contributed by atoms with E-state index in [1.807, 2.05) is 0 Å². The van der Waals surface area contributed by atoms with Gasteiger partial charge in [-0.2, -0.15) is 5.26 Å². The highest BCUT2D eigenvalue weighted by atomic mass is 16.7. The molecule has 2 heterocycles. The molecule has 12 atom stereocenters. The molecule has 0 bridgehead atoms. The molecule has 44 heavy (non-hydrogen) atoms. The lowest BCUT2D eigenvalue weighted by Crippen LogP contribution is -2.68. The van der Waals surface area contributed by atoms with Gasteiger partial charge in [-0.15, -0.1) is 0 Å². The number of aliphatic hydroxyl groups is 2. The number of hydrogen-bond acceptors (Lipinski definition) is 11. The largest absolute Gasteiger partial charge is 0.458 e. The van der Waals surface area contributed by atoms with Gasteiger partial charge in [-0.05, 0) is 81.6 Å². The van der Waals surface area contributed by atoms with Gasteiger partial charge >= 0.3 is 17.9 Å². The minimum absolute atomic E-state index is 0.0528. The predicted molar refractivity (Wildman–Crippen MR) is 152 cm³/mol. The molecule has 0 spiro atoms. The van der Waals surface area contributed by atoms with Crippen LogP contribution < -0.4 is 0 Å². The van der Waals surface area contributed by atoms with Crippen molar-refractivity contribution in [1.29, 1.82) is 5.26 Å². The molecule has 0 aromatic heterocycles. The van der Waals surface area contributed by atoms with Crippen LogP contribution in [-0.2, 0) is 38.1 Å². The molecule has 6 aliphatic rings. The first kappa shape index (κ1) is 31.5. The Morgan fingerprint density at radius 1 is 1.02 bits per heavy atom. The number of fused-ring (bicyclic) bond motifs is 5. The molecule has 0 amide bonds. The third-order valence-electron chi connectivity index (χ3n) is 12.3. The lowest BCUT2D eigenvalue weighted by molar-refractivity contribution is -0.287. The normalized spacial score (nSPS) is 48.1. The smallest absolute Gasteiger partial charge is 0.331 e. The lowest BCUT2D eigenvalue weighted by atomic mass is 9.41. The number of nitrogens with zero attached hydrogens (tertiary/aromatic N) is 1. The van der Waals surface area contributed by atoms with E-state index in [2.05, 4.69) is 13.0 Å². The van der Waals surface area contributed by atoms with E-state index in [0.717, 1.165) is 12.0 Å². The minimum Gasteiger partial charge on any atom is -0.458 e. The quantitative estimate of drug-likeness (QED) is 0.265. The van der Waals surface area contributed by atoms with Crippen LogP contribution in [0.4, 0.5) is 0 Å². The average molecular weight is 616 g/mol. The monoisotopic (exact) mass is 615 g/mol. The molecule has 0 aromatic rings. The van der Waals surface area contributed by atoms with Crippen molar-refractivity contribution in [2.24, 2.45) is 28.6 Å². The first-order chi connectivity index (χ1) is 20.7. The number of cyclic esters (lactones) is 1. The maximum Gasteiger partial charge on any atom is 0.331 e. The molecule has 0 aromatic carbocycles. The van der Waals surface area contributed by atoms with E-state index < -0.39 is 64.7 Å². The van der Waals surface area contributed by atoms with Crippen LogP contribution in [-0.4, -0.2) is 76.6 Å². The molecule has 6 rings (SSSR count). The highest BCUT2D eigenvalue weighted by molar-refractivity contribution is 5.85. The van der Waals surface area contributed by atoms with Crippen LogP contribution in [0, 0.1) is 39.9 Å². The van der Waals surface area contributed by atoms with Crippen LogP contribution in [0.25, 0.3) is 0 Å². The Hall–Kier alpha value is -2.52. The molecule has 4 saturated carbocycles. The second-order valence-electron chi connectivity index (χ2n) is 14.4. The van der Waals surface area contributed by atoms with E-state index in [9.17, 15) is 29.9 Å². The Kier molecular flexibility index (Phi) is 7.92. The summed E-state index contributed by atoms with van der Waals surface area (Å²) in [6, 6.07) is 2.59. The maximum atomic E-state index is 12.5. The molecular formula is C33H45NO10. The zero-order valence-electron chi connectivity index (χ0n) is 26.1. The standard InChI is InChI=1S/C33H45NO10/c1-18-29(43-20(3)36)26(42-19(2)35)14-28(41-18)44-22-5-10-31(17-34)24-6-9-30(4)23(21-13-27(37)40-16-21)8-12-33(30,39)25(24)7-11-32(31,38)15-22/h13,18,22-26,28-29,38-39H,5-12,14-16H2,1-4H3/t18-,22-,23+,24+,25+,26+,28+,29-,30-,31+,32+,33+/m1/s1. The van der Waals surface area contributed by atoms with Crippen LogP contribution in [0.3, 0.4) is 0 Å². The predicted octanol–water partition coefficient (Wildman–Crippen LogP) is 3.25. The number of carbonyl (C=O) groups is 3. The Labute approximate surface area is 258 Å². The van der Waals surface area contributed by atoms with Crippen LogP contribution in [0.1, 0.15) is 91.9 Å². The fraction of sp³-hybridized carbons (Fsp3) is 0.818. The summed E-state index contributed by atoms with van der Waals surface area (Å²) in [6.07, 6.45) is 3.53. The number of rotatable bonds is 5. The first-order valence-corrected chi connectivity index (χ1v) is 16.1. The zero-order chi connectivity index (χ0) is 31.7. The highest BCUT2D eigenvalue weighted by Gasteiger charge is 2.72. The molecule has 11 nitrogen and oxygen atoms in total. The van der Waals surface area contributed by atoms with Gasteiger partial charge in [0.2, 0.25) is 0 Å². The number of ether oxygens (including phenoxy) is 5. The topological polar surface area (TPSA) is 162 Å². The Morgan fingerprint density at radius 2 is 1.75 bits per heavy atom. The van der Waals surface area contributed by atoms with E-state index in [4.69, 9.17) is 23.7 Å². The number of nitriles is 1. The van der Waals surface area contributed by atoms with Gasteiger partial charge in [0.15, 0.2) is 12.4 Å². The molecule has 1 saturated heterocycles. The van der Waals surface area contributed by atoms with Crippen LogP contribution in [0.15, 0.2) is 11.6 Å². The van der Waals surface area contributed by atoms with Gasteiger partial charge in [-0.25, -0.2) is 4.79 Å². The van der Waals surface area contributed by atoms with Crippen molar-refractivity contribution in [1.82, 2.24) is 0 Å². The van der Waals surface area contributed by atoms with Crippen molar-refractivity contribution in [2.75, 3.05) is 6.61 Å². The fourth-order valence-corrected chi connectivity index (χ4v) is 10.4. The molecule has 11 heteroatoms. The van der Waals surface area contributed by atoms with Gasteiger partial charge in [0.25, 0.3) is 0 Å². The molecular weight excluding hydrogens is 570 g/mol. The number of hydrogen-bond donors (Lipinski definition) is 2. The van der Waals surface area contributed by atoms with Crippen LogP contribution in [0.5, 0.6) is 0 Å². The first-order valence-electron chi connectivity index (χ1n) is 16.1. The van der Waals surface area contributed by atoms with E-state index in [1.165, 1.54) is 13.8 Å². The van der Waals surface area contributed by atoms with Crippen molar-refractivity contribution < 1.29 is 48.3 Å². The summed E-state index contributed by atoms with van der Waals surface area (Å²) in [5.74, 6) is -1.56. The van der Waals surface area contributed by atoms with Crippen molar-refractivity contribution in [3.05, 3.63) is 11.6 Å². The maximum absolute atomic E-state index is 12.5. The SMILES string of the molecule is CC(=O)O[C@H]1[C@@H](OC(C)=O)C[C@H](O[C@@H]2CC[C@]3(C#N)[C@H]4CC[C@]5(C)[C@H](C6=CC(=O)OC6)CC[C@]5(O)[C@H]4CC[C@]3(O)C2)O[C@@H]1C. The molecule has 0 unspecified atom stereocenters. The molecule has 5 fully saturated rings. The number of esters is 3. The fourth-order valence-electron chi connectivity index (χ4n) is 10.4. The third kappa shape index (κ3) is 4.79. The molecule has 2 aliphatic heterocycles. The van der Waals surface area contributed by atoms with Crippen molar-refractivity contribution in [2.45, 2.75) is 134 Å². The highest BCUT2D eigenvalue weighted by Crippen LogP contribution is 2.70. The van der Waals surface area contributed by atoms with Gasteiger partial charge in [0.05, 0.1) is 34.9 Å². The van der Waals surface area contributed by atoms with Gasteiger partial charge in [0, 0.05) is 38.2 Å². The van der Waals surface area contributed by atoms with Gasteiger partial charge in [0.1, 0.15) is 12.7 Å². The lowest BCUT2D eigenvalue weighted by Gasteiger charge is -2.64. The van der Waals surface area contributed by atoms with Crippen LogP contribution >= 0.6 is 0 Å². The zero-order valence-corrected chi connectivity index (χ0v) is 26.1.